The number of aromatic amines is 1. The van der Waals surface area contributed by atoms with Crippen molar-refractivity contribution in [3.63, 3.8) is 0 Å². The molecule has 4 rings (SSSR count). The highest BCUT2D eigenvalue weighted by molar-refractivity contribution is 5.32. The Morgan fingerprint density at radius 1 is 1.23 bits per heavy atom. The number of benzene rings is 1. The predicted octanol–water partition coefficient (Wildman–Crippen LogP) is 0.0664. The van der Waals surface area contributed by atoms with Crippen LogP contribution in [-0.4, -0.2) is 26.9 Å². The van der Waals surface area contributed by atoms with Gasteiger partial charge in [0, 0.05) is 12.3 Å². The summed E-state index contributed by atoms with van der Waals surface area (Å²) in [6.07, 6.45) is -1.56. The first-order valence-corrected chi connectivity index (χ1v) is 6.99. The lowest BCUT2D eigenvalue weighted by atomic mass is 9.95. The van der Waals surface area contributed by atoms with Crippen molar-refractivity contribution in [3.05, 3.63) is 68.5 Å². The van der Waals surface area contributed by atoms with Crippen LogP contribution in [0.2, 0.25) is 0 Å². The van der Waals surface area contributed by atoms with Gasteiger partial charge >= 0.3 is 5.69 Å². The van der Waals surface area contributed by atoms with E-state index >= 15 is 0 Å². The fourth-order valence-electron chi connectivity index (χ4n) is 3.07. The number of ether oxygens (including phenoxy) is 2. The Kier molecular flexibility index (Phi) is 3.00. The minimum absolute atomic E-state index is 0.394. The van der Waals surface area contributed by atoms with Crippen molar-refractivity contribution in [1.29, 1.82) is 0 Å². The Hall–Kier alpha value is -2.22. The molecule has 4 atom stereocenters. The Morgan fingerprint density at radius 2 is 2.05 bits per heavy atom. The van der Waals surface area contributed by atoms with Crippen LogP contribution in [0.15, 0.2) is 46.1 Å². The van der Waals surface area contributed by atoms with Crippen molar-refractivity contribution in [1.82, 2.24) is 9.55 Å². The summed E-state index contributed by atoms with van der Waals surface area (Å²) in [5.74, 6) is 0. The third-order valence-corrected chi connectivity index (χ3v) is 4.13. The summed E-state index contributed by atoms with van der Waals surface area (Å²) >= 11 is 0. The number of hydrogen-bond donors (Lipinski definition) is 2. The average molecular weight is 302 g/mol. The molecule has 0 saturated carbocycles. The largest absolute Gasteiger partial charge is 0.386 e. The number of H-pyrrole nitrogens is 1. The minimum atomic E-state index is -0.998. The number of aromatic nitrogens is 2. The summed E-state index contributed by atoms with van der Waals surface area (Å²) in [7, 11) is 0. The molecule has 22 heavy (non-hydrogen) atoms. The summed E-state index contributed by atoms with van der Waals surface area (Å²) in [5.41, 5.74) is 0.847. The quantitative estimate of drug-likeness (QED) is 0.777. The van der Waals surface area contributed by atoms with Crippen LogP contribution < -0.4 is 11.2 Å². The number of fused-ring (bicyclic) bond motifs is 3. The fourth-order valence-corrected chi connectivity index (χ4v) is 3.07. The van der Waals surface area contributed by atoms with E-state index in [4.69, 9.17) is 9.47 Å². The van der Waals surface area contributed by atoms with Crippen LogP contribution in [0.25, 0.3) is 0 Å². The molecule has 0 unspecified atom stereocenters. The zero-order valence-electron chi connectivity index (χ0n) is 11.5. The third-order valence-electron chi connectivity index (χ3n) is 4.13. The molecule has 3 heterocycles. The van der Waals surface area contributed by atoms with Crippen molar-refractivity contribution in [2.45, 2.75) is 31.1 Å². The van der Waals surface area contributed by atoms with Crippen molar-refractivity contribution in [3.8, 4) is 0 Å². The van der Waals surface area contributed by atoms with Gasteiger partial charge in [-0.25, -0.2) is 4.79 Å². The van der Waals surface area contributed by atoms with Crippen LogP contribution in [0.3, 0.4) is 0 Å². The predicted molar refractivity (Wildman–Crippen MR) is 75.2 cm³/mol. The second-order valence-electron chi connectivity index (χ2n) is 5.43. The van der Waals surface area contributed by atoms with Gasteiger partial charge in [0.15, 0.2) is 6.23 Å². The second-order valence-corrected chi connectivity index (χ2v) is 5.43. The lowest BCUT2D eigenvalue weighted by Gasteiger charge is -2.28. The summed E-state index contributed by atoms with van der Waals surface area (Å²) < 4.78 is 12.7. The number of hydrogen-bond acceptors (Lipinski definition) is 5. The molecule has 7 heteroatoms. The van der Waals surface area contributed by atoms with Gasteiger partial charge in [0.25, 0.3) is 5.56 Å². The molecule has 2 aromatic rings. The van der Waals surface area contributed by atoms with Crippen LogP contribution in [0, 0.1) is 0 Å². The van der Waals surface area contributed by atoms with Crippen molar-refractivity contribution in [2.24, 2.45) is 0 Å². The number of nitrogens with zero attached hydrogens (tertiary/aromatic N) is 1. The summed E-state index contributed by atoms with van der Waals surface area (Å²) in [5, 5.41) is 10.5. The highest BCUT2D eigenvalue weighted by Crippen LogP contribution is 2.44. The number of rotatable bonds is 1. The molecule has 7 nitrogen and oxygen atoms in total. The molecule has 2 N–H and O–H groups in total. The molecular weight excluding hydrogens is 288 g/mol. The Balaban J connectivity index is 1.74. The smallest absolute Gasteiger partial charge is 0.330 e. The van der Waals surface area contributed by atoms with Crippen molar-refractivity contribution < 1.29 is 14.6 Å². The molecule has 1 aromatic heterocycles. The van der Waals surface area contributed by atoms with E-state index < -0.39 is 35.8 Å². The topological polar surface area (TPSA) is 93.5 Å². The van der Waals surface area contributed by atoms with Crippen LogP contribution >= 0.6 is 0 Å². The van der Waals surface area contributed by atoms with E-state index in [-0.39, 0.29) is 0 Å². The molecule has 114 valence electrons. The number of nitrogens with one attached hydrogen (secondary N) is 1. The van der Waals surface area contributed by atoms with E-state index in [0.29, 0.717) is 6.61 Å². The van der Waals surface area contributed by atoms with E-state index in [9.17, 15) is 14.7 Å². The van der Waals surface area contributed by atoms with E-state index in [1.165, 1.54) is 16.8 Å². The van der Waals surface area contributed by atoms with Crippen molar-refractivity contribution in [2.75, 3.05) is 0 Å². The van der Waals surface area contributed by atoms with Gasteiger partial charge in [-0.15, -0.1) is 0 Å². The van der Waals surface area contributed by atoms with Crippen LogP contribution in [-0.2, 0) is 16.1 Å². The van der Waals surface area contributed by atoms with E-state index in [0.717, 1.165) is 11.1 Å². The molecule has 0 bridgehead atoms. The maximum atomic E-state index is 11.9. The monoisotopic (exact) mass is 302 g/mol. The van der Waals surface area contributed by atoms with Crippen LogP contribution in [0.5, 0.6) is 0 Å². The number of aliphatic hydroxyl groups is 1. The molecule has 0 amide bonds. The molecule has 1 saturated heterocycles. The number of aliphatic hydroxyl groups excluding tert-OH is 1. The van der Waals surface area contributed by atoms with E-state index in [1.807, 2.05) is 24.3 Å². The molecule has 2 aliphatic heterocycles. The Morgan fingerprint density at radius 3 is 2.86 bits per heavy atom. The molecule has 2 aliphatic rings. The van der Waals surface area contributed by atoms with Gasteiger partial charge in [0.05, 0.1) is 6.61 Å². The zero-order chi connectivity index (χ0) is 15.3. The molecule has 0 aliphatic carbocycles. The van der Waals surface area contributed by atoms with Crippen molar-refractivity contribution >= 4 is 0 Å². The standard InChI is InChI=1S/C15H14N2O5/c18-10-5-6-17(15(20)16-10)14-11(19)13-12(22-14)9-4-2-1-3-8(9)7-21-13/h1-6,11-14,19H,7H2,(H,16,18,20)/t11-,12-,13-,14+/m1/s1. The highest BCUT2D eigenvalue weighted by atomic mass is 16.6. The maximum Gasteiger partial charge on any atom is 0.330 e. The Bertz CT molecular complexity index is 827. The first-order chi connectivity index (χ1) is 10.6. The lowest BCUT2D eigenvalue weighted by Crippen LogP contribution is -2.38. The third kappa shape index (κ3) is 1.94. The molecule has 1 aromatic carbocycles. The second kappa shape index (κ2) is 4.91. The van der Waals surface area contributed by atoms with Gasteiger partial charge in [0.1, 0.15) is 18.3 Å². The Labute approximate surface area is 124 Å². The van der Waals surface area contributed by atoms with E-state index in [1.54, 1.807) is 0 Å². The van der Waals surface area contributed by atoms with Gasteiger partial charge in [0.2, 0.25) is 0 Å². The molecule has 0 spiro atoms. The molecular formula is C15H14N2O5. The molecule has 1 fully saturated rings. The van der Waals surface area contributed by atoms with Gasteiger partial charge in [-0.2, -0.15) is 0 Å². The summed E-state index contributed by atoms with van der Waals surface area (Å²) in [4.78, 5) is 25.2. The SMILES string of the molecule is O=c1ccn([C@H]2O[C@@H]3c4ccccc4CO[C@@H]3[C@H]2O)c(=O)[nH]1. The first kappa shape index (κ1) is 13.4. The highest BCUT2D eigenvalue weighted by Gasteiger charge is 2.48. The van der Waals surface area contributed by atoms with E-state index in [2.05, 4.69) is 4.98 Å². The summed E-state index contributed by atoms with van der Waals surface area (Å²) in [6, 6.07) is 8.91. The van der Waals surface area contributed by atoms with Gasteiger partial charge in [-0.05, 0) is 11.1 Å². The van der Waals surface area contributed by atoms with Gasteiger partial charge < -0.3 is 14.6 Å². The first-order valence-electron chi connectivity index (χ1n) is 6.99. The zero-order valence-corrected chi connectivity index (χ0v) is 11.5. The van der Waals surface area contributed by atoms with Gasteiger partial charge in [-0.1, -0.05) is 24.3 Å². The molecule has 0 radical (unpaired) electrons. The van der Waals surface area contributed by atoms with Gasteiger partial charge in [-0.3, -0.25) is 14.3 Å². The fraction of sp³-hybridized carbons (Fsp3) is 0.333. The van der Waals surface area contributed by atoms with Crippen LogP contribution in [0.4, 0.5) is 0 Å². The maximum absolute atomic E-state index is 11.9. The average Bonchev–Trinajstić information content (AvgIpc) is 2.85. The normalized spacial score (nSPS) is 29.9. The summed E-state index contributed by atoms with van der Waals surface area (Å²) in [6.45, 7) is 0.394. The lowest BCUT2D eigenvalue weighted by molar-refractivity contribution is -0.0620. The minimum Gasteiger partial charge on any atom is -0.386 e. The van der Waals surface area contributed by atoms with Crippen LogP contribution in [0.1, 0.15) is 23.5 Å².